The van der Waals surface area contributed by atoms with Gasteiger partial charge in [-0.05, 0) is 37.5 Å². The van der Waals surface area contributed by atoms with E-state index in [1.807, 2.05) is 31.0 Å². The number of rotatable bonds is 8. The number of hydrogen-bond acceptors (Lipinski definition) is 5. The van der Waals surface area contributed by atoms with Crippen LogP contribution in [0.2, 0.25) is 0 Å². The highest BCUT2D eigenvalue weighted by Crippen LogP contribution is 2.15. The van der Waals surface area contributed by atoms with Crippen molar-refractivity contribution in [2.45, 2.75) is 32.4 Å². The Hall–Kier alpha value is -2.32. The molecule has 172 valence electrons. The number of benzene rings is 1. The van der Waals surface area contributed by atoms with Crippen molar-refractivity contribution in [3.05, 3.63) is 29.8 Å². The fourth-order valence-electron chi connectivity index (χ4n) is 4.14. The molecule has 1 amide bonds. The number of piperazine rings is 1. The molecule has 0 spiro atoms. The predicted octanol–water partition coefficient (Wildman–Crippen LogP) is 1.42. The van der Waals surface area contributed by atoms with E-state index in [1.165, 1.54) is 5.56 Å². The summed E-state index contributed by atoms with van der Waals surface area (Å²) in [4.78, 5) is 23.7. The average molecular weight is 432 g/mol. The van der Waals surface area contributed by atoms with Gasteiger partial charge < -0.3 is 24.6 Å². The summed E-state index contributed by atoms with van der Waals surface area (Å²) in [6.07, 6.45) is 2.27. The van der Waals surface area contributed by atoms with Gasteiger partial charge in [0.05, 0.1) is 12.6 Å². The van der Waals surface area contributed by atoms with E-state index in [-0.39, 0.29) is 11.9 Å². The first-order chi connectivity index (χ1) is 15.1. The standard InChI is InChI=1S/C23H37N5O3/c1-19(22(29)27-10-4-5-11-27)26-12-14-28(15-13-26)23(24-2)25-18-20-6-8-21(9-7-20)31-17-16-30-3/h6-9,19H,4-5,10-18H2,1-3H3,(H,24,25). The second kappa shape index (κ2) is 11.9. The molecule has 0 aromatic heterocycles. The number of methoxy groups -OCH3 is 1. The number of guanidine groups is 1. The third-order valence-electron chi connectivity index (χ3n) is 6.08. The minimum absolute atomic E-state index is 0.0418. The van der Waals surface area contributed by atoms with Crippen LogP contribution in [0.4, 0.5) is 0 Å². The average Bonchev–Trinajstić information content (AvgIpc) is 3.35. The topological polar surface area (TPSA) is 69.6 Å². The highest BCUT2D eigenvalue weighted by molar-refractivity contribution is 5.82. The van der Waals surface area contributed by atoms with Crippen LogP contribution >= 0.6 is 0 Å². The second-order valence-corrected chi connectivity index (χ2v) is 8.12. The molecule has 1 N–H and O–H groups in total. The van der Waals surface area contributed by atoms with Crippen LogP contribution in [0.3, 0.4) is 0 Å². The highest BCUT2D eigenvalue weighted by atomic mass is 16.5. The van der Waals surface area contributed by atoms with Crippen LogP contribution in [-0.4, -0.2) is 99.2 Å². The second-order valence-electron chi connectivity index (χ2n) is 8.12. The fraction of sp³-hybridized carbons (Fsp3) is 0.652. The van der Waals surface area contributed by atoms with E-state index in [0.29, 0.717) is 19.8 Å². The predicted molar refractivity (Wildman–Crippen MR) is 122 cm³/mol. The minimum Gasteiger partial charge on any atom is -0.491 e. The Labute approximate surface area is 186 Å². The molecule has 0 aliphatic carbocycles. The molecule has 2 aliphatic heterocycles. The number of hydrogen-bond donors (Lipinski definition) is 1. The molecule has 2 aliphatic rings. The van der Waals surface area contributed by atoms with Gasteiger partial charge in [-0.3, -0.25) is 14.7 Å². The zero-order valence-corrected chi connectivity index (χ0v) is 19.2. The Bertz CT molecular complexity index is 710. The van der Waals surface area contributed by atoms with Crippen molar-refractivity contribution in [2.75, 3.05) is 66.6 Å². The zero-order chi connectivity index (χ0) is 22.1. The molecule has 0 bridgehead atoms. The molecule has 0 saturated carbocycles. The monoisotopic (exact) mass is 431 g/mol. The van der Waals surface area contributed by atoms with Crippen molar-refractivity contribution in [2.24, 2.45) is 4.99 Å². The van der Waals surface area contributed by atoms with Gasteiger partial charge in [0.25, 0.3) is 0 Å². The van der Waals surface area contributed by atoms with Gasteiger partial charge >= 0.3 is 0 Å². The fourth-order valence-corrected chi connectivity index (χ4v) is 4.14. The smallest absolute Gasteiger partial charge is 0.239 e. The molecular weight excluding hydrogens is 394 g/mol. The van der Waals surface area contributed by atoms with Crippen molar-refractivity contribution in [1.29, 1.82) is 0 Å². The molecule has 8 nitrogen and oxygen atoms in total. The summed E-state index contributed by atoms with van der Waals surface area (Å²) in [6.45, 7) is 9.19. The van der Waals surface area contributed by atoms with Crippen LogP contribution in [0.1, 0.15) is 25.3 Å². The maximum Gasteiger partial charge on any atom is 0.239 e. The number of ether oxygens (including phenoxy) is 2. The van der Waals surface area contributed by atoms with Gasteiger partial charge in [0.1, 0.15) is 12.4 Å². The maximum absolute atomic E-state index is 12.7. The lowest BCUT2D eigenvalue weighted by Gasteiger charge is -2.39. The lowest BCUT2D eigenvalue weighted by molar-refractivity contribution is -0.135. The van der Waals surface area contributed by atoms with E-state index < -0.39 is 0 Å². The summed E-state index contributed by atoms with van der Waals surface area (Å²) in [5, 5.41) is 3.46. The molecule has 2 heterocycles. The van der Waals surface area contributed by atoms with Crippen molar-refractivity contribution >= 4 is 11.9 Å². The third-order valence-corrected chi connectivity index (χ3v) is 6.08. The minimum atomic E-state index is -0.0418. The molecule has 31 heavy (non-hydrogen) atoms. The first-order valence-electron chi connectivity index (χ1n) is 11.3. The van der Waals surface area contributed by atoms with E-state index in [1.54, 1.807) is 7.11 Å². The molecule has 2 fully saturated rings. The number of nitrogens with one attached hydrogen (secondary N) is 1. The Kier molecular flexibility index (Phi) is 8.97. The lowest BCUT2D eigenvalue weighted by Crippen LogP contribution is -2.57. The van der Waals surface area contributed by atoms with Gasteiger partial charge in [-0.1, -0.05) is 12.1 Å². The first kappa shape index (κ1) is 23.3. The SMILES string of the molecule is CN=C(NCc1ccc(OCCOC)cc1)N1CCN(C(C)C(=O)N2CCCC2)CC1. The largest absolute Gasteiger partial charge is 0.491 e. The van der Waals surface area contributed by atoms with Crippen molar-refractivity contribution in [1.82, 2.24) is 20.0 Å². The molecule has 3 rings (SSSR count). The summed E-state index contributed by atoms with van der Waals surface area (Å²) in [7, 11) is 3.49. The van der Waals surface area contributed by atoms with Crippen LogP contribution in [0.15, 0.2) is 29.3 Å². The molecule has 1 atom stereocenters. The summed E-state index contributed by atoms with van der Waals surface area (Å²) in [5.74, 6) is 2.03. The molecule has 2 saturated heterocycles. The molecule has 0 radical (unpaired) electrons. The van der Waals surface area contributed by atoms with Gasteiger partial charge in [-0.25, -0.2) is 0 Å². The van der Waals surface area contributed by atoms with E-state index in [9.17, 15) is 4.79 Å². The molecule has 1 aromatic rings. The number of carbonyl (C=O) groups is 1. The highest BCUT2D eigenvalue weighted by Gasteiger charge is 2.30. The number of likely N-dealkylation sites (tertiary alicyclic amines) is 1. The normalized spacial score (nSPS) is 18.9. The van der Waals surface area contributed by atoms with Gasteiger partial charge in [-0.15, -0.1) is 0 Å². The Morgan fingerprint density at radius 2 is 1.71 bits per heavy atom. The first-order valence-corrected chi connectivity index (χ1v) is 11.3. The van der Waals surface area contributed by atoms with Crippen LogP contribution in [0, 0.1) is 0 Å². The summed E-state index contributed by atoms with van der Waals surface area (Å²) >= 11 is 0. The maximum atomic E-state index is 12.7. The van der Waals surface area contributed by atoms with Crippen molar-refractivity contribution in [3.63, 3.8) is 0 Å². The van der Waals surface area contributed by atoms with Crippen molar-refractivity contribution < 1.29 is 14.3 Å². The molecule has 1 unspecified atom stereocenters. The van der Waals surface area contributed by atoms with E-state index in [0.717, 1.165) is 63.8 Å². The zero-order valence-electron chi connectivity index (χ0n) is 19.2. The third kappa shape index (κ3) is 6.58. The quantitative estimate of drug-likeness (QED) is 0.381. The van der Waals surface area contributed by atoms with Crippen LogP contribution in [0.25, 0.3) is 0 Å². The molecule has 8 heteroatoms. The number of nitrogens with zero attached hydrogens (tertiary/aromatic N) is 4. The molecular formula is C23H37N5O3. The number of aliphatic imine (C=N–C) groups is 1. The van der Waals surface area contributed by atoms with Crippen LogP contribution in [-0.2, 0) is 16.1 Å². The van der Waals surface area contributed by atoms with Gasteiger partial charge in [0.15, 0.2) is 5.96 Å². The lowest BCUT2D eigenvalue weighted by atomic mass is 10.2. The Morgan fingerprint density at radius 1 is 1.03 bits per heavy atom. The summed E-state index contributed by atoms with van der Waals surface area (Å²) in [5.41, 5.74) is 1.17. The Balaban J connectivity index is 1.43. The van der Waals surface area contributed by atoms with Crippen LogP contribution < -0.4 is 10.1 Å². The number of amides is 1. The summed E-state index contributed by atoms with van der Waals surface area (Å²) < 4.78 is 10.6. The molecule has 1 aromatic carbocycles. The number of carbonyl (C=O) groups excluding carboxylic acids is 1. The Morgan fingerprint density at radius 3 is 2.32 bits per heavy atom. The summed E-state index contributed by atoms with van der Waals surface area (Å²) in [6, 6.07) is 8.04. The van der Waals surface area contributed by atoms with Gasteiger partial charge in [0.2, 0.25) is 5.91 Å². The van der Waals surface area contributed by atoms with Gasteiger partial charge in [-0.2, -0.15) is 0 Å². The van der Waals surface area contributed by atoms with E-state index in [2.05, 4.69) is 32.2 Å². The van der Waals surface area contributed by atoms with Gasteiger partial charge in [0, 0.05) is 60.0 Å². The van der Waals surface area contributed by atoms with E-state index in [4.69, 9.17) is 9.47 Å². The van der Waals surface area contributed by atoms with Crippen LogP contribution in [0.5, 0.6) is 5.75 Å². The van der Waals surface area contributed by atoms with Crippen molar-refractivity contribution in [3.8, 4) is 5.75 Å². The van der Waals surface area contributed by atoms with E-state index >= 15 is 0 Å².